The van der Waals surface area contributed by atoms with Gasteiger partial charge in [-0.3, -0.25) is 9.69 Å². The van der Waals surface area contributed by atoms with Crippen molar-refractivity contribution < 1.29 is 19.1 Å². The second-order valence-corrected chi connectivity index (χ2v) is 5.88. The van der Waals surface area contributed by atoms with Crippen molar-refractivity contribution >= 4 is 11.9 Å². The fourth-order valence-corrected chi connectivity index (χ4v) is 3.11. The molecule has 1 saturated carbocycles. The molecule has 6 heteroatoms. The minimum Gasteiger partial charge on any atom is -0.479 e. The second-order valence-electron chi connectivity index (χ2n) is 5.88. The summed E-state index contributed by atoms with van der Waals surface area (Å²) in [6.07, 6.45) is 5.53. The first-order valence-corrected chi connectivity index (χ1v) is 7.36. The third-order valence-corrected chi connectivity index (χ3v) is 4.60. The lowest BCUT2D eigenvalue weighted by Crippen LogP contribution is -2.49. The Morgan fingerprint density at radius 3 is 2.86 bits per heavy atom. The first kappa shape index (κ1) is 14.1. The Bertz CT molecular complexity index is 550. The number of nitrogens with zero attached hydrogens (tertiary/aromatic N) is 2. The van der Waals surface area contributed by atoms with Crippen molar-refractivity contribution in [2.45, 2.75) is 37.8 Å². The monoisotopic (exact) mass is 292 g/mol. The van der Waals surface area contributed by atoms with Crippen molar-refractivity contribution in [2.75, 3.05) is 20.1 Å². The van der Waals surface area contributed by atoms with E-state index in [1.807, 2.05) is 11.9 Å². The Hall–Kier alpha value is -1.82. The van der Waals surface area contributed by atoms with Crippen LogP contribution in [0.5, 0.6) is 0 Å². The molecule has 3 rings (SSSR count). The number of furan rings is 1. The largest absolute Gasteiger partial charge is 0.479 e. The van der Waals surface area contributed by atoms with Gasteiger partial charge in [-0.2, -0.15) is 0 Å². The third-order valence-electron chi connectivity index (χ3n) is 4.60. The Morgan fingerprint density at radius 2 is 2.24 bits per heavy atom. The molecule has 1 aliphatic carbocycles. The summed E-state index contributed by atoms with van der Waals surface area (Å²) in [5.74, 6) is -0.445. The van der Waals surface area contributed by atoms with Crippen LogP contribution in [0.3, 0.4) is 0 Å². The quantitative estimate of drug-likeness (QED) is 0.904. The van der Waals surface area contributed by atoms with Crippen molar-refractivity contribution in [3.63, 3.8) is 0 Å². The molecular formula is C15H20N2O4. The van der Waals surface area contributed by atoms with E-state index in [2.05, 4.69) is 0 Å². The average molecular weight is 292 g/mol. The normalized spacial score (nSPS) is 22.0. The molecule has 1 aliphatic heterocycles. The molecule has 1 atom stereocenters. The van der Waals surface area contributed by atoms with Crippen LogP contribution in [-0.2, 0) is 16.0 Å². The Morgan fingerprint density at radius 1 is 1.48 bits per heavy atom. The lowest BCUT2D eigenvalue weighted by Gasteiger charge is -2.37. The van der Waals surface area contributed by atoms with E-state index in [-0.39, 0.29) is 12.5 Å². The van der Waals surface area contributed by atoms with E-state index in [1.165, 1.54) is 17.6 Å². The summed E-state index contributed by atoms with van der Waals surface area (Å²) >= 11 is 0. The Balaban J connectivity index is 1.74. The maximum atomic E-state index is 12.5. The van der Waals surface area contributed by atoms with E-state index in [9.17, 15) is 14.7 Å². The maximum absolute atomic E-state index is 12.5. The number of fused-ring (bicyclic) bond motifs is 1. The van der Waals surface area contributed by atoms with Crippen molar-refractivity contribution in [3.8, 4) is 0 Å². The van der Waals surface area contributed by atoms with Gasteiger partial charge in [0.05, 0.1) is 12.8 Å². The topological polar surface area (TPSA) is 74.0 Å². The molecule has 1 unspecified atom stereocenters. The summed E-state index contributed by atoms with van der Waals surface area (Å²) in [4.78, 5) is 27.6. The van der Waals surface area contributed by atoms with Crippen LogP contribution in [0.1, 0.15) is 36.6 Å². The van der Waals surface area contributed by atoms with E-state index >= 15 is 0 Å². The smallest absolute Gasteiger partial charge is 0.331 e. The molecule has 21 heavy (non-hydrogen) atoms. The molecule has 114 valence electrons. The minimum atomic E-state index is -1.00. The van der Waals surface area contributed by atoms with Crippen molar-refractivity contribution in [2.24, 2.45) is 0 Å². The Labute approximate surface area is 123 Å². The molecule has 1 N–H and O–H groups in total. The van der Waals surface area contributed by atoms with E-state index in [0.29, 0.717) is 30.3 Å². The molecular weight excluding hydrogens is 272 g/mol. The number of rotatable bonds is 4. The average Bonchev–Trinajstić information content (AvgIpc) is 2.82. The zero-order chi connectivity index (χ0) is 15.0. The number of aliphatic carboxylic acids is 1. The lowest BCUT2D eigenvalue weighted by atomic mass is 9.92. The minimum absolute atomic E-state index is 0.122. The van der Waals surface area contributed by atoms with Gasteiger partial charge in [0.15, 0.2) is 6.04 Å². The summed E-state index contributed by atoms with van der Waals surface area (Å²) in [7, 11) is 1.94. The van der Waals surface area contributed by atoms with Gasteiger partial charge in [-0.15, -0.1) is 0 Å². The highest BCUT2D eigenvalue weighted by molar-refractivity contribution is 5.86. The highest BCUT2D eigenvalue weighted by Crippen LogP contribution is 2.31. The van der Waals surface area contributed by atoms with Crippen LogP contribution in [0.15, 0.2) is 16.7 Å². The third kappa shape index (κ3) is 2.55. The maximum Gasteiger partial charge on any atom is 0.331 e. The predicted molar refractivity (Wildman–Crippen MR) is 74.8 cm³/mol. The number of likely N-dealkylation sites (N-methyl/N-ethyl adjacent to an activating group) is 1. The van der Waals surface area contributed by atoms with Gasteiger partial charge in [-0.25, -0.2) is 4.79 Å². The molecule has 6 nitrogen and oxygen atoms in total. The van der Waals surface area contributed by atoms with Gasteiger partial charge in [-0.1, -0.05) is 6.42 Å². The van der Waals surface area contributed by atoms with Gasteiger partial charge >= 0.3 is 5.97 Å². The molecule has 1 aromatic heterocycles. The van der Waals surface area contributed by atoms with Gasteiger partial charge in [0.2, 0.25) is 5.91 Å². The van der Waals surface area contributed by atoms with Crippen LogP contribution in [-0.4, -0.2) is 53.0 Å². The van der Waals surface area contributed by atoms with Crippen LogP contribution < -0.4 is 0 Å². The number of amides is 1. The highest BCUT2D eigenvalue weighted by Gasteiger charge is 2.38. The van der Waals surface area contributed by atoms with Crippen molar-refractivity contribution in [1.29, 1.82) is 0 Å². The van der Waals surface area contributed by atoms with Crippen LogP contribution in [0.4, 0.5) is 0 Å². The Kier molecular flexibility index (Phi) is 3.71. The SMILES string of the molecule is CN(CC(=O)N1CCc2occc2C1C(=O)O)C1CCC1. The van der Waals surface area contributed by atoms with E-state index in [4.69, 9.17) is 4.42 Å². The van der Waals surface area contributed by atoms with Crippen molar-refractivity contribution in [3.05, 3.63) is 23.7 Å². The first-order chi connectivity index (χ1) is 10.1. The zero-order valence-corrected chi connectivity index (χ0v) is 12.1. The highest BCUT2D eigenvalue weighted by atomic mass is 16.4. The molecule has 1 amide bonds. The number of carbonyl (C=O) groups is 2. The summed E-state index contributed by atoms with van der Waals surface area (Å²) in [5.41, 5.74) is 0.605. The van der Waals surface area contributed by atoms with Crippen LogP contribution >= 0.6 is 0 Å². The first-order valence-electron chi connectivity index (χ1n) is 7.36. The number of hydrogen-bond donors (Lipinski definition) is 1. The number of carboxylic acid groups (broad SMARTS) is 1. The molecule has 0 bridgehead atoms. The van der Waals surface area contributed by atoms with Crippen LogP contribution in [0.25, 0.3) is 0 Å². The molecule has 2 heterocycles. The van der Waals surface area contributed by atoms with Gasteiger partial charge in [0, 0.05) is 24.6 Å². The predicted octanol–water partition coefficient (Wildman–Crippen LogP) is 1.27. The van der Waals surface area contributed by atoms with Gasteiger partial charge in [0.1, 0.15) is 5.76 Å². The molecule has 0 radical (unpaired) electrons. The van der Waals surface area contributed by atoms with E-state index in [0.717, 1.165) is 12.8 Å². The molecule has 1 fully saturated rings. The summed E-state index contributed by atoms with van der Waals surface area (Å²) < 4.78 is 5.30. The standard InChI is InChI=1S/C15H20N2O4/c1-16(10-3-2-4-10)9-13(18)17-7-5-12-11(6-8-21-12)14(17)15(19)20/h6,8,10,14H,2-5,7,9H2,1H3,(H,19,20). The molecule has 0 saturated heterocycles. The van der Waals surface area contributed by atoms with E-state index in [1.54, 1.807) is 6.07 Å². The summed E-state index contributed by atoms with van der Waals surface area (Å²) in [6.45, 7) is 0.677. The second kappa shape index (κ2) is 5.52. The van der Waals surface area contributed by atoms with Gasteiger partial charge < -0.3 is 14.4 Å². The molecule has 2 aliphatic rings. The fourth-order valence-electron chi connectivity index (χ4n) is 3.11. The van der Waals surface area contributed by atoms with Crippen LogP contribution in [0.2, 0.25) is 0 Å². The fraction of sp³-hybridized carbons (Fsp3) is 0.600. The van der Waals surface area contributed by atoms with Gasteiger partial charge in [-0.05, 0) is 26.0 Å². The molecule has 0 aromatic carbocycles. The van der Waals surface area contributed by atoms with Crippen molar-refractivity contribution in [1.82, 2.24) is 9.80 Å². The molecule has 1 aromatic rings. The van der Waals surface area contributed by atoms with Gasteiger partial charge in [0.25, 0.3) is 0 Å². The number of carbonyl (C=O) groups excluding carboxylic acids is 1. The zero-order valence-electron chi connectivity index (χ0n) is 12.1. The number of carboxylic acids is 1. The van der Waals surface area contributed by atoms with E-state index < -0.39 is 12.0 Å². The lowest BCUT2D eigenvalue weighted by molar-refractivity contribution is -0.152. The number of hydrogen-bond acceptors (Lipinski definition) is 4. The summed E-state index contributed by atoms with van der Waals surface area (Å²) in [6, 6.07) is 1.20. The van der Waals surface area contributed by atoms with Crippen LogP contribution in [0, 0.1) is 0 Å². The molecule has 0 spiro atoms. The summed E-state index contributed by atoms with van der Waals surface area (Å²) in [5, 5.41) is 9.47.